The number of carbonyl (C=O) groups is 1. The number of unbranched alkanes of at least 4 members (excludes halogenated alkanes) is 2. The van der Waals surface area contributed by atoms with Crippen LogP contribution in [-0.4, -0.2) is 26.9 Å². The van der Waals surface area contributed by atoms with Gasteiger partial charge in [-0.1, -0.05) is 70.5 Å². The van der Waals surface area contributed by atoms with Gasteiger partial charge in [-0.25, -0.2) is 4.79 Å². The number of phenolic OH excluding ortho intramolecular Hbond substituents is 1. The van der Waals surface area contributed by atoms with Gasteiger partial charge < -0.3 is 20.1 Å². The molecule has 3 N–H and O–H groups in total. The van der Waals surface area contributed by atoms with E-state index in [1.807, 2.05) is 31.2 Å². The molecule has 0 aromatic heterocycles. The molecule has 36 heavy (non-hydrogen) atoms. The van der Waals surface area contributed by atoms with Gasteiger partial charge in [-0.15, -0.1) is 0 Å². The van der Waals surface area contributed by atoms with Crippen LogP contribution in [0.5, 0.6) is 5.75 Å². The fourth-order valence-electron chi connectivity index (χ4n) is 4.70. The van der Waals surface area contributed by atoms with Crippen molar-refractivity contribution in [3.8, 4) is 5.75 Å². The molecular formula is C30H40O5S. The van der Waals surface area contributed by atoms with E-state index < -0.39 is 11.6 Å². The zero-order valence-corrected chi connectivity index (χ0v) is 23.0. The fraction of sp³-hybridized carbons (Fsp3) is 0.500. The zero-order valence-electron chi connectivity index (χ0n) is 22.2. The maximum atomic E-state index is 13.3. The number of cyclic esters (lactones) is 1. The Balaban J connectivity index is 1.90. The number of carbonyl (C=O) groups excluding carboxylic acids is 1. The Morgan fingerprint density at radius 2 is 1.75 bits per heavy atom. The monoisotopic (exact) mass is 512 g/mol. The van der Waals surface area contributed by atoms with Gasteiger partial charge in [-0.3, -0.25) is 0 Å². The lowest BCUT2D eigenvalue weighted by molar-refractivity contribution is -0.159. The van der Waals surface area contributed by atoms with Crippen LogP contribution in [0.25, 0.3) is 0 Å². The van der Waals surface area contributed by atoms with Crippen LogP contribution in [0, 0.1) is 6.92 Å². The van der Waals surface area contributed by atoms with Gasteiger partial charge in [0.2, 0.25) is 0 Å². The third-order valence-corrected chi connectivity index (χ3v) is 8.08. The van der Waals surface area contributed by atoms with E-state index >= 15 is 0 Å². The molecule has 2 aromatic rings. The number of aromatic hydroxyl groups is 1. The molecule has 5 nitrogen and oxygen atoms in total. The lowest BCUT2D eigenvalue weighted by Gasteiger charge is -2.37. The van der Waals surface area contributed by atoms with Crippen molar-refractivity contribution in [3.05, 3.63) is 69.3 Å². The van der Waals surface area contributed by atoms with Crippen LogP contribution in [0.2, 0.25) is 0 Å². The minimum absolute atomic E-state index is 0.0445. The van der Waals surface area contributed by atoms with Crippen LogP contribution in [0.3, 0.4) is 0 Å². The standard InChI is InChI=1S/C30H40O5S/c1-6-7-8-14-30(15-13-21-9-11-23(32)12-10-21)18-25(33)27(28(34)35-30)36-26-16-20(2)22(19-31)17-24(26)29(3,4)5/h9-12,16-17,31-33H,6-8,13-15,18-19H2,1-5H3/t30-/m0/s1. The molecule has 0 bridgehead atoms. The number of hydrogen-bond donors (Lipinski definition) is 3. The molecule has 1 atom stereocenters. The topological polar surface area (TPSA) is 87.0 Å². The van der Waals surface area contributed by atoms with Crippen molar-refractivity contribution in [1.29, 1.82) is 0 Å². The average Bonchev–Trinajstić information content (AvgIpc) is 2.81. The minimum Gasteiger partial charge on any atom is -0.511 e. The van der Waals surface area contributed by atoms with E-state index in [-0.39, 0.29) is 28.4 Å². The number of rotatable bonds is 10. The second kappa shape index (κ2) is 11.7. The molecule has 0 amide bonds. The quantitative estimate of drug-likeness (QED) is 0.230. The van der Waals surface area contributed by atoms with Gasteiger partial charge in [0.15, 0.2) is 0 Å². The maximum Gasteiger partial charge on any atom is 0.349 e. The first-order valence-electron chi connectivity index (χ1n) is 12.8. The molecule has 1 aliphatic rings. The molecular weight excluding hydrogens is 472 g/mol. The summed E-state index contributed by atoms with van der Waals surface area (Å²) in [6.07, 6.45) is 5.30. The number of aliphatic hydroxyl groups excluding tert-OH is 2. The van der Waals surface area contributed by atoms with Crippen LogP contribution in [0.15, 0.2) is 52.0 Å². The molecule has 3 rings (SSSR count). The molecule has 0 unspecified atom stereocenters. The van der Waals surface area contributed by atoms with E-state index in [1.54, 1.807) is 12.1 Å². The minimum atomic E-state index is -0.748. The summed E-state index contributed by atoms with van der Waals surface area (Å²) in [6, 6.07) is 11.1. The molecule has 0 radical (unpaired) electrons. The lowest BCUT2D eigenvalue weighted by Crippen LogP contribution is -2.40. The summed E-state index contributed by atoms with van der Waals surface area (Å²) in [6.45, 7) is 10.3. The van der Waals surface area contributed by atoms with Gasteiger partial charge in [0.1, 0.15) is 22.0 Å². The Morgan fingerprint density at radius 3 is 2.33 bits per heavy atom. The van der Waals surface area contributed by atoms with Crippen LogP contribution in [0.1, 0.15) is 88.5 Å². The molecule has 0 aliphatic carbocycles. The summed E-state index contributed by atoms with van der Waals surface area (Å²) in [5.74, 6) is -0.170. The van der Waals surface area contributed by atoms with Crippen molar-refractivity contribution in [3.63, 3.8) is 0 Å². The first-order chi connectivity index (χ1) is 17.0. The smallest absolute Gasteiger partial charge is 0.349 e. The number of esters is 1. The van der Waals surface area contributed by atoms with Crippen LogP contribution >= 0.6 is 11.8 Å². The number of ether oxygens (including phenoxy) is 1. The summed E-state index contributed by atoms with van der Waals surface area (Å²) in [5, 5.41) is 30.5. The van der Waals surface area contributed by atoms with E-state index in [0.717, 1.165) is 46.4 Å². The highest BCUT2D eigenvalue weighted by molar-refractivity contribution is 8.04. The summed E-state index contributed by atoms with van der Waals surface area (Å²) in [4.78, 5) is 14.5. The Bertz CT molecular complexity index is 1100. The molecule has 2 aromatic carbocycles. The SMILES string of the molecule is CCCCC[C@]1(CCc2ccc(O)cc2)CC(O)=C(Sc2cc(C)c(CO)cc2C(C)(C)C)C(=O)O1. The predicted molar refractivity (Wildman–Crippen MR) is 145 cm³/mol. The van der Waals surface area contributed by atoms with E-state index in [2.05, 4.69) is 27.7 Å². The predicted octanol–water partition coefficient (Wildman–Crippen LogP) is 7.25. The van der Waals surface area contributed by atoms with Crippen molar-refractivity contribution >= 4 is 17.7 Å². The molecule has 1 aliphatic heterocycles. The van der Waals surface area contributed by atoms with Crippen molar-refractivity contribution in [2.45, 2.75) is 102 Å². The number of benzene rings is 2. The van der Waals surface area contributed by atoms with Gasteiger partial charge in [-0.05, 0) is 78.5 Å². The third-order valence-electron chi connectivity index (χ3n) is 6.92. The Hall–Kier alpha value is -2.44. The van der Waals surface area contributed by atoms with Crippen LogP contribution in [-0.2, 0) is 28.0 Å². The zero-order chi connectivity index (χ0) is 26.5. The maximum absolute atomic E-state index is 13.3. The summed E-state index contributed by atoms with van der Waals surface area (Å²) < 4.78 is 6.15. The molecule has 1 heterocycles. The summed E-state index contributed by atoms with van der Waals surface area (Å²) in [7, 11) is 0. The Morgan fingerprint density at radius 1 is 1.06 bits per heavy atom. The van der Waals surface area contributed by atoms with Crippen molar-refractivity contribution in [2.24, 2.45) is 0 Å². The Labute approximate surface area is 219 Å². The first kappa shape index (κ1) is 28.1. The summed E-state index contributed by atoms with van der Waals surface area (Å²) in [5.41, 5.74) is 2.92. The third kappa shape index (κ3) is 6.86. The van der Waals surface area contributed by atoms with Crippen LogP contribution < -0.4 is 0 Å². The normalized spacial score (nSPS) is 18.4. The van der Waals surface area contributed by atoms with E-state index in [1.165, 1.54) is 11.8 Å². The lowest BCUT2D eigenvalue weighted by atomic mass is 9.84. The first-order valence-corrected chi connectivity index (χ1v) is 13.7. The molecule has 6 heteroatoms. The number of thioether (sulfide) groups is 1. The highest BCUT2D eigenvalue weighted by atomic mass is 32.2. The number of aryl methyl sites for hydroxylation is 2. The average molecular weight is 513 g/mol. The van der Waals surface area contributed by atoms with Gasteiger partial charge in [0.05, 0.1) is 6.61 Å². The Kier molecular flexibility index (Phi) is 9.18. The largest absolute Gasteiger partial charge is 0.511 e. The van der Waals surface area contributed by atoms with Gasteiger partial charge in [-0.2, -0.15) is 0 Å². The molecule has 196 valence electrons. The van der Waals surface area contributed by atoms with Crippen molar-refractivity contribution < 1.29 is 24.9 Å². The molecule has 0 saturated heterocycles. The number of aliphatic hydroxyl groups is 2. The number of hydrogen-bond acceptors (Lipinski definition) is 6. The fourth-order valence-corrected chi connectivity index (χ4v) is 5.94. The van der Waals surface area contributed by atoms with Crippen molar-refractivity contribution in [2.75, 3.05) is 0 Å². The van der Waals surface area contributed by atoms with E-state index in [9.17, 15) is 20.1 Å². The van der Waals surface area contributed by atoms with Gasteiger partial charge in [0.25, 0.3) is 0 Å². The second-order valence-electron chi connectivity index (χ2n) is 10.9. The van der Waals surface area contributed by atoms with E-state index in [0.29, 0.717) is 25.7 Å². The van der Waals surface area contributed by atoms with Gasteiger partial charge in [0, 0.05) is 11.3 Å². The molecule has 0 spiro atoms. The highest BCUT2D eigenvalue weighted by Gasteiger charge is 2.42. The van der Waals surface area contributed by atoms with Crippen LogP contribution in [0.4, 0.5) is 0 Å². The number of phenols is 1. The second-order valence-corrected chi connectivity index (χ2v) is 12.0. The molecule has 0 fully saturated rings. The van der Waals surface area contributed by atoms with Gasteiger partial charge >= 0.3 is 5.97 Å². The van der Waals surface area contributed by atoms with Crippen molar-refractivity contribution in [1.82, 2.24) is 0 Å². The molecule has 0 saturated carbocycles. The summed E-state index contributed by atoms with van der Waals surface area (Å²) >= 11 is 1.26. The highest BCUT2D eigenvalue weighted by Crippen LogP contribution is 2.44. The van der Waals surface area contributed by atoms with E-state index in [4.69, 9.17) is 4.74 Å².